The van der Waals surface area contributed by atoms with Gasteiger partial charge in [0.2, 0.25) is 0 Å². The van der Waals surface area contributed by atoms with Gasteiger partial charge in [-0.25, -0.2) is 17.3 Å². The van der Waals surface area contributed by atoms with Gasteiger partial charge in [0.25, 0.3) is 0 Å². The van der Waals surface area contributed by atoms with Gasteiger partial charge < -0.3 is 0 Å². The van der Waals surface area contributed by atoms with Gasteiger partial charge in [-0.15, -0.1) is 0 Å². The van der Waals surface area contributed by atoms with E-state index in [0.29, 0.717) is 6.07 Å². The Labute approximate surface area is 190 Å². The molecule has 0 spiro atoms. The van der Waals surface area contributed by atoms with Crippen molar-refractivity contribution in [2.45, 2.75) is 4.90 Å². The van der Waals surface area contributed by atoms with Gasteiger partial charge in [-0.3, -0.25) is 0 Å². The predicted octanol–water partition coefficient (Wildman–Crippen LogP) is 6.65. The summed E-state index contributed by atoms with van der Waals surface area (Å²) in [6.07, 6.45) is 0. The summed E-state index contributed by atoms with van der Waals surface area (Å²) < 4.78 is 52.1. The fourth-order valence-electron chi connectivity index (χ4n) is 3.56. The van der Waals surface area contributed by atoms with Crippen LogP contribution in [0.3, 0.4) is 0 Å². The number of nitrogens with zero attached hydrogens (tertiary/aromatic N) is 2. The highest BCUT2D eigenvalue weighted by Gasteiger charge is 2.31. The zero-order valence-electron chi connectivity index (χ0n) is 16.5. The van der Waals surface area contributed by atoms with E-state index >= 15 is 0 Å². The second-order valence-electron chi connectivity index (χ2n) is 6.96. The van der Waals surface area contributed by atoms with Crippen LogP contribution in [0.1, 0.15) is 0 Å². The maximum absolute atomic E-state index is 14.4. The molecule has 0 N–H and O–H groups in total. The van der Waals surface area contributed by atoms with Crippen molar-refractivity contribution in [2.75, 3.05) is 0 Å². The molecule has 1 aliphatic heterocycles. The molecule has 0 saturated carbocycles. The van der Waals surface area contributed by atoms with Crippen molar-refractivity contribution < 1.29 is 13.2 Å². The fourth-order valence-corrected chi connectivity index (χ4v) is 11.9. The van der Waals surface area contributed by atoms with Gasteiger partial charge in [-0.05, 0) is 10.8 Å². The highest BCUT2D eigenvalue weighted by atomic mass is 33.1. The van der Waals surface area contributed by atoms with E-state index in [1.54, 1.807) is 0 Å². The van der Waals surface area contributed by atoms with Gasteiger partial charge >= 0.3 is 0 Å². The number of hydrogen-bond donors (Lipinski definition) is 0. The minimum absolute atomic E-state index is 0.00303. The Balaban J connectivity index is 1.83. The first-order valence-electron chi connectivity index (χ1n) is 9.71. The van der Waals surface area contributed by atoms with Gasteiger partial charge in [-0.1, -0.05) is 91.0 Å². The van der Waals surface area contributed by atoms with Gasteiger partial charge in [0, 0.05) is 22.0 Å². The number of fused-ring (bicyclic) bond motifs is 1. The number of hydrogen-bond acceptors (Lipinski definition) is 3. The van der Waals surface area contributed by atoms with E-state index in [1.807, 2.05) is 91.0 Å². The normalized spacial score (nSPS) is 15.2. The average Bonchev–Trinajstić information content (AvgIpc) is 3.27. The molecular weight excluding hydrogens is 468 g/mol. The third-order valence-corrected chi connectivity index (χ3v) is 12.5. The van der Waals surface area contributed by atoms with E-state index in [-0.39, 0.29) is 10.6 Å². The molecule has 0 aromatic heterocycles. The molecule has 0 amide bonds. The molecule has 4 aromatic rings. The van der Waals surface area contributed by atoms with Crippen LogP contribution in [0.15, 0.2) is 110 Å². The Kier molecular flexibility index (Phi) is 5.80. The molecule has 2 nitrogen and oxygen atoms in total. The Bertz CT molecular complexity index is 1280. The minimum atomic E-state index is -2.59. The fraction of sp³-hybridized carbons (Fsp3) is 0. The lowest BCUT2D eigenvalue weighted by Crippen LogP contribution is -2.25. The molecule has 0 radical (unpaired) electrons. The molecule has 0 aliphatic carbocycles. The zero-order chi connectivity index (χ0) is 22.1. The van der Waals surface area contributed by atoms with E-state index in [9.17, 15) is 13.2 Å². The SMILES string of the molecule is Fc1cc(F)c2c(c1F)N=S(N=P(c1ccccc1)(c1ccccc1)c1ccccc1)S2. The largest absolute Gasteiger partial charge is 0.206 e. The first kappa shape index (κ1) is 21.3. The van der Waals surface area contributed by atoms with Crippen molar-refractivity contribution in [3.05, 3.63) is 115 Å². The van der Waals surface area contributed by atoms with Crippen LogP contribution in [0.25, 0.3) is 0 Å². The van der Waals surface area contributed by atoms with Crippen molar-refractivity contribution in [1.29, 1.82) is 0 Å². The van der Waals surface area contributed by atoms with Crippen LogP contribution in [0.2, 0.25) is 0 Å². The lowest BCUT2D eigenvalue weighted by molar-refractivity contribution is 0.489. The molecule has 0 fully saturated rings. The molecule has 0 saturated heterocycles. The molecule has 8 heteroatoms. The smallest absolute Gasteiger partial charge is 0.186 e. The first-order chi connectivity index (χ1) is 15.6. The lowest BCUT2D eigenvalue weighted by atomic mass is 10.3. The summed E-state index contributed by atoms with van der Waals surface area (Å²) in [6.45, 7) is 0. The van der Waals surface area contributed by atoms with Crippen LogP contribution in [0, 0.1) is 17.5 Å². The maximum Gasteiger partial charge on any atom is 0.186 e. The van der Waals surface area contributed by atoms with Crippen molar-refractivity contribution in [2.24, 2.45) is 8.51 Å². The van der Waals surface area contributed by atoms with E-state index < -0.39 is 34.4 Å². The first-order valence-corrected chi connectivity index (χ1v) is 13.9. The summed E-state index contributed by atoms with van der Waals surface area (Å²) >= 11 is 0. The van der Waals surface area contributed by atoms with Crippen molar-refractivity contribution >= 4 is 49.4 Å². The summed E-state index contributed by atoms with van der Waals surface area (Å²) in [5, 5.41) is 3.01. The third-order valence-electron chi connectivity index (χ3n) is 5.01. The molecule has 0 bridgehead atoms. The Morgan fingerprint density at radius 1 is 0.688 bits per heavy atom. The molecule has 32 heavy (non-hydrogen) atoms. The topological polar surface area (TPSA) is 24.7 Å². The molecule has 1 aliphatic rings. The standard InChI is InChI=1S/C24H16F3N2PS2/c25-20-16-21(26)24-23(22(20)27)28-32(31-24)29-30(17-10-4-1-5-11-17,18-12-6-2-7-13-18)19-14-8-3-9-15-19/h1-16H. The second-order valence-corrected chi connectivity index (χ2v) is 13.0. The average molecular weight is 485 g/mol. The van der Waals surface area contributed by atoms with E-state index in [1.165, 1.54) is 0 Å². The van der Waals surface area contributed by atoms with Gasteiger partial charge in [0.05, 0.1) is 21.9 Å². The maximum atomic E-state index is 14.4. The van der Waals surface area contributed by atoms with Crippen LogP contribution in [-0.4, -0.2) is 0 Å². The van der Waals surface area contributed by atoms with Crippen LogP contribution >= 0.6 is 17.8 Å². The van der Waals surface area contributed by atoms with Crippen LogP contribution in [0.4, 0.5) is 18.9 Å². The highest BCUT2D eigenvalue weighted by molar-refractivity contribution is 8.70. The van der Waals surface area contributed by atoms with Crippen LogP contribution in [0.5, 0.6) is 0 Å². The monoisotopic (exact) mass is 484 g/mol. The molecule has 160 valence electrons. The molecule has 1 unspecified atom stereocenters. The Morgan fingerprint density at radius 3 is 1.62 bits per heavy atom. The second kappa shape index (κ2) is 8.74. The summed E-state index contributed by atoms with van der Waals surface area (Å²) in [7, 11) is -2.71. The molecule has 5 rings (SSSR count). The predicted molar refractivity (Wildman–Crippen MR) is 129 cm³/mol. The number of benzene rings is 4. The van der Waals surface area contributed by atoms with Gasteiger partial charge in [0.1, 0.15) is 11.5 Å². The van der Waals surface area contributed by atoms with Crippen LogP contribution in [-0.2, 0) is 9.91 Å². The van der Waals surface area contributed by atoms with E-state index in [2.05, 4.69) is 4.36 Å². The number of halogens is 3. The van der Waals surface area contributed by atoms with Crippen molar-refractivity contribution in [3.8, 4) is 0 Å². The van der Waals surface area contributed by atoms with Crippen molar-refractivity contribution in [3.63, 3.8) is 0 Å². The highest BCUT2D eigenvalue weighted by Crippen LogP contribution is 2.52. The van der Waals surface area contributed by atoms with E-state index in [4.69, 9.17) is 4.15 Å². The Morgan fingerprint density at radius 2 is 1.16 bits per heavy atom. The zero-order valence-corrected chi connectivity index (χ0v) is 19.1. The summed E-state index contributed by atoms with van der Waals surface area (Å²) in [5.74, 6) is -3.20. The van der Waals surface area contributed by atoms with Crippen LogP contribution < -0.4 is 15.9 Å². The summed E-state index contributed by atoms with van der Waals surface area (Å²) in [6, 6.07) is 30.3. The lowest BCUT2D eigenvalue weighted by Gasteiger charge is -2.26. The molecule has 4 aromatic carbocycles. The van der Waals surface area contributed by atoms with Crippen molar-refractivity contribution in [1.82, 2.24) is 0 Å². The number of rotatable bonds is 4. The molecule has 1 heterocycles. The van der Waals surface area contributed by atoms with Gasteiger partial charge in [-0.2, -0.15) is 4.36 Å². The summed E-state index contributed by atoms with van der Waals surface area (Å²) in [4.78, 5) is 0.00303. The summed E-state index contributed by atoms with van der Waals surface area (Å²) in [5.41, 5.74) is -0.285. The molecular formula is C24H16F3N2PS2. The van der Waals surface area contributed by atoms with Gasteiger partial charge in [0.15, 0.2) is 11.6 Å². The Hall–Kier alpha value is -2.60. The minimum Gasteiger partial charge on any atom is -0.206 e. The van der Waals surface area contributed by atoms with E-state index in [0.717, 1.165) is 26.7 Å². The quantitative estimate of drug-likeness (QED) is 0.181. The third kappa shape index (κ3) is 3.64. The molecule has 1 atom stereocenters.